The second-order valence-electron chi connectivity index (χ2n) is 5.13. The summed E-state index contributed by atoms with van der Waals surface area (Å²) in [5.41, 5.74) is 6.77. The molecule has 22 heavy (non-hydrogen) atoms. The molecule has 6 nitrogen and oxygen atoms in total. The number of nitrogens with zero attached hydrogens (tertiary/aromatic N) is 1. The largest absolute Gasteiger partial charge is 0.455 e. The summed E-state index contributed by atoms with van der Waals surface area (Å²) in [4.78, 5) is 16.2. The molecule has 2 heterocycles. The molecule has 1 saturated heterocycles. The minimum Gasteiger partial charge on any atom is -0.455 e. The lowest BCUT2D eigenvalue weighted by Gasteiger charge is -2.17. The SMILES string of the molecule is Cc1cnc(COC(=O)C2CNNC2c2ccc(F)cc2)o1. The molecule has 1 aliphatic heterocycles. The van der Waals surface area contributed by atoms with Crippen LogP contribution >= 0.6 is 0 Å². The van der Waals surface area contributed by atoms with Crippen molar-refractivity contribution in [3.8, 4) is 0 Å². The number of hydrogen-bond acceptors (Lipinski definition) is 6. The molecular weight excluding hydrogens is 289 g/mol. The summed E-state index contributed by atoms with van der Waals surface area (Å²) in [5.74, 6) is -0.0418. The normalized spacial score (nSPS) is 21.0. The van der Waals surface area contributed by atoms with Crippen LogP contribution in [0.4, 0.5) is 4.39 Å². The number of aromatic nitrogens is 1. The molecule has 1 aromatic heterocycles. The first kappa shape index (κ1) is 14.7. The number of hydrogen-bond donors (Lipinski definition) is 2. The van der Waals surface area contributed by atoms with E-state index >= 15 is 0 Å². The van der Waals surface area contributed by atoms with Crippen LogP contribution in [0.2, 0.25) is 0 Å². The number of carbonyl (C=O) groups is 1. The highest BCUT2D eigenvalue weighted by molar-refractivity contribution is 5.74. The Morgan fingerprint density at radius 2 is 2.23 bits per heavy atom. The van der Waals surface area contributed by atoms with Crippen molar-refractivity contribution in [3.05, 3.63) is 53.5 Å². The van der Waals surface area contributed by atoms with Crippen molar-refractivity contribution >= 4 is 5.97 Å². The molecule has 0 spiro atoms. The van der Waals surface area contributed by atoms with E-state index in [9.17, 15) is 9.18 Å². The van der Waals surface area contributed by atoms with Gasteiger partial charge in [-0.15, -0.1) is 0 Å². The fourth-order valence-electron chi connectivity index (χ4n) is 2.41. The smallest absolute Gasteiger partial charge is 0.312 e. The molecule has 2 N–H and O–H groups in total. The number of hydrazine groups is 1. The Balaban J connectivity index is 1.64. The summed E-state index contributed by atoms with van der Waals surface area (Å²) in [7, 11) is 0. The van der Waals surface area contributed by atoms with Crippen LogP contribution in [-0.2, 0) is 16.1 Å². The van der Waals surface area contributed by atoms with Crippen LogP contribution in [0.15, 0.2) is 34.9 Å². The van der Waals surface area contributed by atoms with Crippen molar-refractivity contribution in [2.24, 2.45) is 5.92 Å². The van der Waals surface area contributed by atoms with Gasteiger partial charge in [0.15, 0.2) is 6.61 Å². The lowest BCUT2D eigenvalue weighted by Crippen LogP contribution is -2.27. The number of oxazole rings is 1. The van der Waals surface area contributed by atoms with Crippen LogP contribution in [0.3, 0.4) is 0 Å². The molecule has 1 aromatic carbocycles. The fourth-order valence-corrected chi connectivity index (χ4v) is 2.41. The summed E-state index contributed by atoms with van der Waals surface area (Å²) in [6.45, 7) is 2.21. The number of ether oxygens (including phenoxy) is 1. The summed E-state index contributed by atoms with van der Waals surface area (Å²) in [5, 5.41) is 0. The number of nitrogens with one attached hydrogen (secondary N) is 2. The van der Waals surface area contributed by atoms with Crippen LogP contribution in [0, 0.1) is 18.7 Å². The maximum absolute atomic E-state index is 13.0. The molecule has 0 saturated carbocycles. The van der Waals surface area contributed by atoms with Gasteiger partial charge >= 0.3 is 5.97 Å². The molecule has 2 aromatic rings. The average molecular weight is 305 g/mol. The topological polar surface area (TPSA) is 76.4 Å². The first-order valence-electron chi connectivity index (χ1n) is 6.95. The van der Waals surface area contributed by atoms with Gasteiger partial charge in [0.2, 0.25) is 5.89 Å². The Hall–Kier alpha value is -2.25. The van der Waals surface area contributed by atoms with Crippen LogP contribution in [-0.4, -0.2) is 17.5 Å². The maximum Gasteiger partial charge on any atom is 0.312 e. The van der Waals surface area contributed by atoms with Crippen LogP contribution < -0.4 is 10.9 Å². The van der Waals surface area contributed by atoms with E-state index in [0.29, 0.717) is 18.2 Å². The highest BCUT2D eigenvalue weighted by atomic mass is 19.1. The molecule has 7 heteroatoms. The van der Waals surface area contributed by atoms with Crippen LogP contribution in [0.1, 0.15) is 23.3 Å². The third-order valence-electron chi connectivity index (χ3n) is 3.52. The van der Waals surface area contributed by atoms with Crippen molar-refractivity contribution in [1.29, 1.82) is 0 Å². The molecule has 1 aliphatic rings. The third kappa shape index (κ3) is 3.15. The zero-order valence-corrected chi connectivity index (χ0v) is 12.0. The number of carbonyl (C=O) groups excluding carboxylic acids is 1. The van der Waals surface area contributed by atoms with Crippen molar-refractivity contribution in [2.45, 2.75) is 19.6 Å². The van der Waals surface area contributed by atoms with E-state index in [1.54, 1.807) is 25.3 Å². The zero-order valence-electron chi connectivity index (χ0n) is 12.0. The first-order chi connectivity index (χ1) is 10.6. The quantitative estimate of drug-likeness (QED) is 0.836. The van der Waals surface area contributed by atoms with Crippen molar-refractivity contribution < 1.29 is 18.3 Å². The Morgan fingerprint density at radius 3 is 2.91 bits per heavy atom. The van der Waals surface area contributed by atoms with Gasteiger partial charge in [-0.2, -0.15) is 0 Å². The molecule has 0 bridgehead atoms. The predicted molar refractivity (Wildman–Crippen MR) is 74.8 cm³/mol. The summed E-state index contributed by atoms with van der Waals surface area (Å²) in [6, 6.07) is 5.77. The van der Waals surface area contributed by atoms with Gasteiger partial charge in [0.05, 0.1) is 18.2 Å². The lowest BCUT2D eigenvalue weighted by molar-refractivity contribution is -0.150. The lowest BCUT2D eigenvalue weighted by atomic mass is 9.95. The monoisotopic (exact) mass is 305 g/mol. The van der Waals surface area contributed by atoms with E-state index in [0.717, 1.165) is 5.56 Å². The fraction of sp³-hybridized carbons (Fsp3) is 0.333. The molecule has 2 atom stereocenters. The first-order valence-corrected chi connectivity index (χ1v) is 6.95. The highest BCUT2D eigenvalue weighted by Crippen LogP contribution is 2.26. The van der Waals surface area contributed by atoms with Crippen molar-refractivity contribution in [2.75, 3.05) is 6.54 Å². The third-order valence-corrected chi connectivity index (χ3v) is 3.52. The van der Waals surface area contributed by atoms with Gasteiger partial charge in [-0.1, -0.05) is 12.1 Å². The molecule has 0 amide bonds. The van der Waals surface area contributed by atoms with E-state index < -0.39 is 5.92 Å². The summed E-state index contributed by atoms with van der Waals surface area (Å²) < 4.78 is 23.5. The summed E-state index contributed by atoms with van der Waals surface area (Å²) in [6.07, 6.45) is 1.57. The summed E-state index contributed by atoms with van der Waals surface area (Å²) >= 11 is 0. The highest BCUT2D eigenvalue weighted by Gasteiger charge is 2.35. The standard InChI is InChI=1S/C15H16FN3O3/c1-9-6-17-13(22-9)8-21-15(20)12-7-18-19-14(12)10-2-4-11(16)5-3-10/h2-6,12,14,18-19H,7-8H2,1H3. The number of rotatable bonds is 4. The molecule has 3 rings (SSSR count). The van der Waals surface area contributed by atoms with Crippen LogP contribution in [0.5, 0.6) is 0 Å². The van der Waals surface area contributed by atoms with Gasteiger partial charge in [-0.05, 0) is 24.6 Å². The van der Waals surface area contributed by atoms with Gasteiger partial charge in [0, 0.05) is 6.54 Å². The Morgan fingerprint density at radius 1 is 1.45 bits per heavy atom. The van der Waals surface area contributed by atoms with Gasteiger partial charge in [-0.25, -0.2) is 14.8 Å². The van der Waals surface area contributed by atoms with Gasteiger partial charge in [-0.3, -0.25) is 10.2 Å². The second-order valence-corrected chi connectivity index (χ2v) is 5.13. The molecule has 0 radical (unpaired) electrons. The zero-order chi connectivity index (χ0) is 15.5. The Bertz CT molecular complexity index is 656. The number of benzene rings is 1. The van der Waals surface area contributed by atoms with E-state index in [2.05, 4.69) is 15.8 Å². The molecule has 2 unspecified atom stereocenters. The predicted octanol–water partition coefficient (Wildman–Crippen LogP) is 1.63. The average Bonchev–Trinajstić information content (AvgIpc) is 3.14. The molecular formula is C15H16FN3O3. The van der Waals surface area contributed by atoms with Gasteiger partial charge in [0.1, 0.15) is 11.6 Å². The van der Waals surface area contributed by atoms with Gasteiger partial charge < -0.3 is 9.15 Å². The van der Waals surface area contributed by atoms with Gasteiger partial charge in [0.25, 0.3) is 0 Å². The Kier molecular flexibility index (Phi) is 4.17. The van der Waals surface area contributed by atoms with E-state index in [-0.39, 0.29) is 24.4 Å². The van der Waals surface area contributed by atoms with Crippen molar-refractivity contribution in [1.82, 2.24) is 15.8 Å². The van der Waals surface area contributed by atoms with Crippen molar-refractivity contribution in [3.63, 3.8) is 0 Å². The molecule has 1 fully saturated rings. The molecule has 116 valence electrons. The number of esters is 1. The van der Waals surface area contributed by atoms with E-state index in [4.69, 9.17) is 9.15 Å². The number of aryl methyl sites for hydroxylation is 1. The minimum absolute atomic E-state index is 0.000683. The second kappa shape index (κ2) is 6.25. The maximum atomic E-state index is 13.0. The number of halogens is 1. The molecule has 0 aliphatic carbocycles. The van der Waals surface area contributed by atoms with E-state index in [1.165, 1.54) is 12.1 Å². The minimum atomic E-state index is -0.401. The van der Waals surface area contributed by atoms with E-state index in [1.807, 2.05) is 0 Å². The Labute approximate surface area is 126 Å². The van der Waals surface area contributed by atoms with Crippen LogP contribution in [0.25, 0.3) is 0 Å².